The largest absolute Gasteiger partial charge is 0.493 e. The Morgan fingerprint density at radius 2 is 2.14 bits per heavy atom. The molecule has 9 heteroatoms. The smallest absolute Gasteiger partial charge is 0.387 e. The van der Waals surface area contributed by atoms with Crippen LogP contribution in [-0.2, 0) is 11.3 Å². The van der Waals surface area contributed by atoms with E-state index in [4.69, 9.17) is 9.47 Å². The Morgan fingerprint density at radius 1 is 1.36 bits per heavy atom. The van der Waals surface area contributed by atoms with Gasteiger partial charge in [-0.15, -0.1) is 24.0 Å². The lowest BCUT2D eigenvalue weighted by Gasteiger charge is -2.24. The van der Waals surface area contributed by atoms with Crippen molar-refractivity contribution in [2.75, 3.05) is 26.8 Å². The molecular formula is C19H30F2IN3O3. The first-order chi connectivity index (χ1) is 13.0. The van der Waals surface area contributed by atoms with Crippen LogP contribution in [0.2, 0.25) is 0 Å². The van der Waals surface area contributed by atoms with Crippen molar-refractivity contribution >= 4 is 29.9 Å². The Hall–Kier alpha value is -1.36. The number of hydrogen-bond acceptors (Lipinski definition) is 4. The maximum absolute atomic E-state index is 12.8. The van der Waals surface area contributed by atoms with E-state index < -0.39 is 6.61 Å². The molecule has 1 fully saturated rings. The predicted molar refractivity (Wildman–Crippen MR) is 116 cm³/mol. The number of nitrogens with zero attached hydrogens (tertiary/aromatic N) is 1. The molecular weight excluding hydrogens is 483 g/mol. The van der Waals surface area contributed by atoms with Gasteiger partial charge >= 0.3 is 6.61 Å². The Kier molecular flexibility index (Phi) is 10.8. The highest BCUT2D eigenvalue weighted by molar-refractivity contribution is 14.0. The molecule has 1 aromatic rings. The zero-order chi connectivity index (χ0) is 19.7. The van der Waals surface area contributed by atoms with Crippen molar-refractivity contribution in [1.82, 2.24) is 10.6 Å². The number of guanidine groups is 1. The molecule has 6 nitrogen and oxygen atoms in total. The Morgan fingerprint density at radius 3 is 2.75 bits per heavy atom. The van der Waals surface area contributed by atoms with Gasteiger partial charge in [-0.25, -0.2) is 0 Å². The average molecular weight is 513 g/mol. The lowest BCUT2D eigenvalue weighted by molar-refractivity contribution is -0.0505. The number of halogens is 3. The van der Waals surface area contributed by atoms with Gasteiger partial charge in [-0.1, -0.05) is 6.92 Å². The van der Waals surface area contributed by atoms with Crippen molar-refractivity contribution in [3.05, 3.63) is 23.8 Å². The van der Waals surface area contributed by atoms with E-state index in [1.807, 2.05) is 6.92 Å². The zero-order valence-corrected chi connectivity index (χ0v) is 18.9. The summed E-state index contributed by atoms with van der Waals surface area (Å²) < 4.78 is 41.4. The topological polar surface area (TPSA) is 64.1 Å². The molecule has 0 bridgehead atoms. The number of nitrogens with one attached hydrogen (secondary N) is 2. The fourth-order valence-corrected chi connectivity index (χ4v) is 2.84. The van der Waals surface area contributed by atoms with Gasteiger partial charge in [0.2, 0.25) is 0 Å². The molecule has 1 heterocycles. The third-order valence-electron chi connectivity index (χ3n) is 4.33. The van der Waals surface area contributed by atoms with Crippen LogP contribution in [0.1, 0.15) is 38.7 Å². The lowest BCUT2D eigenvalue weighted by Crippen LogP contribution is -2.45. The fraction of sp³-hybridized carbons (Fsp3) is 0.632. The molecule has 0 amide bonds. The van der Waals surface area contributed by atoms with Crippen LogP contribution >= 0.6 is 24.0 Å². The van der Waals surface area contributed by atoms with Crippen molar-refractivity contribution in [3.63, 3.8) is 0 Å². The molecule has 160 valence electrons. The predicted octanol–water partition coefficient (Wildman–Crippen LogP) is 3.93. The molecule has 1 unspecified atom stereocenters. The quantitative estimate of drug-likeness (QED) is 0.298. The first-order valence-corrected chi connectivity index (χ1v) is 9.25. The summed E-state index contributed by atoms with van der Waals surface area (Å²) in [7, 11) is 1.66. The van der Waals surface area contributed by atoms with Crippen molar-refractivity contribution in [2.24, 2.45) is 4.99 Å². The van der Waals surface area contributed by atoms with Crippen LogP contribution in [0, 0.1) is 0 Å². The standard InChI is InChI=1S/C19H29F2N3O3.HI/c1-4-9-25-15-7-6-14(16(11-15)27-17(20)21)12-23-18(22-3)24-13-19(2)8-5-10-26-19;/h6-7,11,17H,4-5,8-10,12-13H2,1-3H3,(H2,22,23,24);1H. The van der Waals surface area contributed by atoms with Crippen LogP contribution < -0.4 is 20.1 Å². The molecule has 2 N–H and O–H groups in total. The van der Waals surface area contributed by atoms with E-state index in [1.54, 1.807) is 19.2 Å². The summed E-state index contributed by atoms with van der Waals surface area (Å²) in [6, 6.07) is 4.95. The molecule has 0 saturated carbocycles. The van der Waals surface area contributed by atoms with Gasteiger partial charge in [0.1, 0.15) is 11.5 Å². The van der Waals surface area contributed by atoms with E-state index in [0.29, 0.717) is 30.4 Å². The van der Waals surface area contributed by atoms with Gasteiger partial charge in [0, 0.05) is 38.4 Å². The first-order valence-electron chi connectivity index (χ1n) is 9.25. The number of benzene rings is 1. The fourth-order valence-electron chi connectivity index (χ4n) is 2.84. The van der Waals surface area contributed by atoms with Crippen LogP contribution in [0.15, 0.2) is 23.2 Å². The Balaban J connectivity index is 0.00000392. The van der Waals surface area contributed by atoms with E-state index in [2.05, 4.69) is 27.3 Å². The summed E-state index contributed by atoms with van der Waals surface area (Å²) in [5, 5.41) is 6.34. The van der Waals surface area contributed by atoms with Crippen molar-refractivity contribution < 1.29 is 23.0 Å². The number of rotatable bonds is 9. The second-order valence-corrected chi connectivity index (χ2v) is 6.68. The van der Waals surface area contributed by atoms with Crippen molar-refractivity contribution in [2.45, 2.75) is 51.9 Å². The van der Waals surface area contributed by atoms with Gasteiger partial charge in [0.05, 0.1) is 12.2 Å². The van der Waals surface area contributed by atoms with E-state index in [0.717, 1.165) is 25.9 Å². The molecule has 1 aliphatic heterocycles. The number of hydrogen-bond donors (Lipinski definition) is 2. The molecule has 1 saturated heterocycles. The van der Waals surface area contributed by atoms with Crippen molar-refractivity contribution in [3.8, 4) is 11.5 Å². The van der Waals surface area contributed by atoms with Gasteiger partial charge < -0.3 is 24.8 Å². The summed E-state index contributed by atoms with van der Waals surface area (Å²) in [5.41, 5.74) is 0.380. The average Bonchev–Trinajstić information content (AvgIpc) is 3.07. The summed E-state index contributed by atoms with van der Waals surface area (Å²) in [4.78, 5) is 4.17. The number of alkyl halides is 2. The Labute approximate surface area is 182 Å². The monoisotopic (exact) mass is 513 g/mol. The normalized spacial score (nSPS) is 19.3. The SMILES string of the molecule is CCCOc1ccc(CNC(=NC)NCC2(C)CCCO2)c(OC(F)F)c1.I. The third kappa shape index (κ3) is 7.94. The minimum atomic E-state index is -2.90. The van der Waals surface area contributed by atoms with Gasteiger partial charge in [0.25, 0.3) is 0 Å². The summed E-state index contributed by atoms with van der Waals surface area (Å²) in [6.07, 6.45) is 2.87. The number of ether oxygens (including phenoxy) is 3. The van der Waals surface area contributed by atoms with Crippen LogP contribution in [0.4, 0.5) is 8.78 Å². The Bertz CT molecular complexity index is 626. The van der Waals surface area contributed by atoms with E-state index in [-0.39, 0.29) is 41.9 Å². The molecule has 0 aliphatic carbocycles. The molecule has 2 rings (SSSR count). The minimum Gasteiger partial charge on any atom is -0.493 e. The summed E-state index contributed by atoms with van der Waals surface area (Å²) in [5.74, 6) is 1.17. The van der Waals surface area contributed by atoms with Crippen LogP contribution in [0.3, 0.4) is 0 Å². The lowest BCUT2D eigenvalue weighted by atomic mass is 10.0. The highest BCUT2D eigenvalue weighted by Gasteiger charge is 2.29. The van der Waals surface area contributed by atoms with Crippen molar-refractivity contribution in [1.29, 1.82) is 0 Å². The second kappa shape index (κ2) is 12.3. The maximum atomic E-state index is 12.8. The molecule has 0 spiro atoms. The van der Waals surface area contributed by atoms with Gasteiger partial charge in [0.15, 0.2) is 5.96 Å². The highest BCUT2D eigenvalue weighted by atomic mass is 127. The second-order valence-electron chi connectivity index (χ2n) is 6.68. The van der Waals surface area contributed by atoms with Crippen LogP contribution in [0.25, 0.3) is 0 Å². The number of aliphatic imine (C=N–C) groups is 1. The molecule has 28 heavy (non-hydrogen) atoms. The maximum Gasteiger partial charge on any atom is 0.387 e. The molecule has 1 aromatic carbocycles. The van der Waals surface area contributed by atoms with Gasteiger partial charge in [-0.3, -0.25) is 4.99 Å². The zero-order valence-electron chi connectivity index (χ0n) is 16.6. The van der Waals surface area contributed by atoms with E-state index in [1.165, 1.54) is 6.07 Å². The molecule has 0 radical (unpaired) electrons. The molecule has 1 atom stereocenters. The summed E-state index contributed by atoms with van der Waals surface area (Å²) >= 11 is 0. The van der Waals surface area contributed by atoms with Gasteiger partial charge in [-0.2, -0.15) is 8.78 Å². The van der Waals surface area contributed by atoms with Crippen LogP contribution in [-0.4, -0.2) is 45.0 Å². The molecule has 1 aliphatic rings. The highest BCUT2D eigenvalue weighted by Crippen LogP contribution is 2.27. The molecule has 0 aromatic heterocycles. The van der Waals surface area contributed by atoms with Gasteiger partial charge in [-0.05, 0) is 38.3 Å². The third-order valence-corrected chi connectivity index (χ3v) is 4.33. The first kappa shape index (κ1) is 24.7. The van der Waals surface area contributed by atoms with E-state index >= 15 is 0 Å². The van der Waals surface area contributed by atoms with Crippen LogP contribution in [0.5, 0.6) is 11.5 Å². The summed E-state index contributed by atoms with van der Waals surface area (Å²) in [6.45, 7) is 3.33. The minimum absolute atomic E-state index is 0. The van der Waals surface area contributed by atoms with E-state index in [9.17, 15) is 8.78 Å².